The van der Waals surface area contributed by atoms with Gasteiger partial charge in [-0.25, -0.2) is 4.79 Å². The van der Waals surface area contributed by atoms with Gasteiger partial charge in [0.2, 0.25) is 5.91 Å². The monoisotopic (exact) mass is 508 g/mol. The summed E-state index contributed by atoms with van der Waals surface area (Å²) in [6, 6.07) is 17.3. The Morgan fingerprint density at radius 2 is 1.80 bits per heavy atom. The first-order valence-electron chi connectivity index (χ1n) is 10.7. The molecule has 0 aliphatic carbocycles. The van der Waals surface area contributed by atoms with E-state index in [2.05, 4.69) is 15.5 Å². The van der Waals surface area contributed by atoms with Crippen LogP contribution >= 0.6 is 23.1 Å². The third-order valence-corrected chi connectivity index (χ3v) is 7.21. The molecule has 0 aliphatic rings. The van der Waals surface area contributed by atoms with Crippen LogP contribution in [-0.2, 0) is 23.0 Å². The summed E-state index contributed by atoms with van der Waals surface area (Å²) in [4.78, 5) is 25.2. The number of hydrogen-bond acceptors (Lipinski definition) is 8. The molecule has 4 aromatic rings. The van der Waals surface area contributed by atoms with Crippen LogP contribution < -0.4 is 10.1 Å². The van der Waals surface area contributed by atoms with Crippen LogP contribution in [0.4, 0.5) is 5.00 Å². The van der Waals surface area contributed by atoms with Crippen molar-refractivity contribution in [3.05, 3.63) is 76.9 Å². The van der Waals surface area contributed by atoms with E-state index in [1.165, 1.54) is 30.2 Å². The van der Waals surface area contributed by atoms with Crippen molar-refractivity contribution in [1.29, 1.82) is 0 Å². The molecule has 0 saturated carbocycles. The molecule has 0 saturated heterocycles. The van der Waals surface area contributed by atoms with Gasteiger partial charge in [0.05, 0.1) is 20.0 Å². The van der Waals surface area contributed by atoms with Gasteiger partial charge in [0.1, 0.15) is 22.1 Å². The molecule has 0 bridgehead atoms. The van der Waals surface area contributed by atoms with E-state index >= 15 is 0 Å². The van der Waals surface area contributed by atoms with E-state index in [1.807, 2.05) is 71.6 Å². The van der Waals surface area contributed by atoms with Crippen LogP contribution in [0.5, 0.6) is 5.75 Å². The number of nitrogens with one attached hydrogen (secondary N) is 1. The van der Waals surface area contributed by atoms with Crippen molar-refractivity contribution in [3.63, 3.8) is 0 Å². The van der Waals surface area contributed by atoms with E-state index in [0.29, 0.717) is 22.1 Å². The predicted molar refractivity (Wildman–Crippen MR) is 137 cm³/mol. The minimum Gasteiger partial charge on any atom is -0.497 e. The Morgan fingerprint density at radius 1 is 1.06 bits per heavy atom. The molecule has 10 heteroatoms. The minimum atomic E-state index is -0.496. The highest BCUT2D eigenvalue weighted by molar-refractivity contribution is 7.99. The lowest BCUT2D eigenvalue weighted by atomic mass is 10.0. The second-order valence-electron chi connectivity index (χ2n) is 7.53. The predicted octanol–water partition coefficient (Wildman–Crippen LogP) is 4.66. The third kappa shape index (κ3) is 5.72. The van der Waals surface area contributed by atoms with Gasteiger partial charge < -0.3 is 19.4 Å². The molecule has 4 rings (SSSR count). The SMILES string of the molecule is COC(=O)c1c(-c2ccccc2)csc1NC(=O)CSc1nnc(Cc2ccc(OC)cc2)n1C. The standard InChI is InChI=1S/C25H24N4O4S2/c1-29-20(13-16-9-11-18(32-2)12-10-16)27-28-25(29)35-15-21(30)26-23-22(24(31)33-3)19(14-34-23)17-7-5-4-6-8-17/h4-12,14H,13,15H2,1-3H3,(H,26,30). The van der Waals surface area contributed by atoms with Gasteiger partial charge in [0.25, 0.3) is 0 Å². The first kappa shape index (κ1) is 24.5. The van der Waals surface area contributed by atoms with E-state index in [9.17, 15) is 9.59 Å². The van der Waals surface area contributed by atoms with Gasteiger partial charge in [0.15, 0.2) is 5.16 Å². The molecule has 1 N–H and O–H groups in total. The van der Waals surface area contributed by atoms with Crippen LogP contribution in [0.2, 0.25) is 0 Å². The maximum absolute atomic E-state index is 12.7. The third-order valence-electron chi connectivity index (χ3n) is 5.30. The molecule has 2 aromatic carbocycles. The second kappa shape index (κ2) is 11.2. The van der Waals surface area contributed by atoms with Crippen LogP contribution in [0.25, 0.3) is 11.1 Å². The number of amides is 1. The van der Waals surface area contributed by atoms with Crippen molar-refractivity contribution in [2.45, 2.75) is 11.6 Å². The largest absolute Gasteiger partial charge is 0.497 e. The average Bonchev–Trinajstić information content (AvgIpc) is 3.46. The summed E-state index contributed by atoms with van der Waals surface area (Å²) in [5.41, 5.74) is 3.03. The van der Waals surface area contributed by atoms with E-state index < -0.39 is 5.97 Å². The molecule has 1 amide bonds. The van der Waals surface area contributed by atoms with Crippen LogP contribution in [0.1, 0.15) is 21.7 Å². The lowest BCUT2D eigenvalue weighted by molar-refractivity contribution is -0.113. The van der Waals surface area contributed by atoms with Crippen LogP contribution in [-0.4, -0.2) is 46.6 Å². The number of carbonyl (C=O) groups is 2. The number of rotatable bonds is 9. The molecule has 2 aromatic heterocycles. The molecule has 0 atom stereocenters. The summed E-state index contributed by atoms with van der Waals surface area (Å²) >= 11 is 2.57. The summed E-state index contributed by atoms with van der Waals surface area (Å²) in [6.45, 7) is 0. The molecular formula is C25H24N4O4S2. The lowest BCUT2D eigenvalue weighted by Crippen LogP contribution is -2.16. The summed E-state index contributed by atoms with van der Waals surface area (Å²) < 4.78 is 12.0. The molecule has 0 radical (unpaired) electrons. The number of benzene rings is 2. The molecule has 35 heavy (non-hydrogen) atoms. The molecule has 0 aliphatic heterocycles. The normalized spacial score (nSPS) is 10.7. The van der Waals surface area contributed by atoms with Gasteiger partial charge in [-0.15, -0.1) is 21.5 Å². The van der Waals surface area contributed by atoms with E-state index in [4.69, 9.17) is 9.47 Å². The van der Waals surface area contributed by atoms with Gasteiger partial charge in [0, 0.05) is 24.4 Å². The number of aromatic nitrogens is 3. The van der Waals surface area contributed by atoms with Crippen molar-refractivity contribution < 1.29 is 19.1 Å². The van der Waals surface area contributed by atoms with E-state index in [-0.39, 0.29) is 11.7 Å². The number of carbonyl (C=O) groups excluding carboxylic acids is 2. The quantitative estimate of drug-likeness (QED) is 0.259. The summed E-state index contributed by atoms with van der Waals surface area (Å²) in [5.74, 6) is 0.960. The van der Waals surface area contributed by atoms with Crippen LogP contribution in [0.15, 0.2) is 65.1 Å². The Hall–Kier alpha value is -3.63. The number of esters is 1. The molecule has 0 spiro atoms. The fraction of sp³-hybridized carbons (Fsp3) is 0.200. The average molecular weight is 509 g/mol. The Bertz CT molecular complexity index is 1320. The maximum Gasteiger partial charge on any atom is 0.341 e. The zero-order chi connectivity index (χ0) is 24.8. The molecule has 0 unspecified atom stereocenters. The van der Waals surface area contributed by atoms with Gasteiger partial charge in [-0.3, -0.25) is 4.79 Å². The highest BCUT2D eigenvalue weighted by atomic mass is 32.2. The van der Waals surface area contributed by atoms with E-state index in [1.54, 1.807) is 7.11 Å². The fourth-order valence-corrected chi connectivity index (χ4v) is 5.13. The molecule has 2 heterocycles. The zero-order valence-electron chi connectivity index (χ0n) is 19.5. The Morgan fingerprint density at radius 3 is 2.49 bits per heavy atom. The number of thioether (sulfide) groups is 1. The number of nitrogens with zero attached hydrogens (tertiary/aromatic N) is 3. The Balaban J connectivity index is 1.42. The summed E-state index contributed by atoms with van der Waals surface area (Å²) in [5, 5.41) is 14.3. The Kier molecular flexibility index (Phi) is 7.84. The van der Waals surface area contributed by atoms with Crippen molar-refractivity contribution >= 4 is 40.0 Å². The summed E-state index contributed by atoms with van der Waals surface area (Å²) in [7, 11) is 4.84. The number of anilines is 1. The number of hydrogen-bond donors (Lipinski definition) is 1. The van der Waals surface area contributed by atoms with Gasteiger partial charge in [-0.2, -0.15) is 0 Å². The highest BCUT2D eigenvalue weighted by Gasteiger charge is 2.22. The number of thiophene rings is 1. The maximum atomic E-state index is 12.7. The van der Waals surface area contributed by atoms with Crippen molar-refractivity contribution in [2.75, 3.05) is 25.3 Å². The minimum absolute atomic E-state index is 0.119. The van der Waals surface area contributed by atoms with Gasteiger partial charge in [-0.1, -0.05) is 54.2 Å². The van der Waals surface area contributed by atoms with Crippen LogP contribution in [0.3, 0.4) is 0 Å². The van der Waals surface area contributed by atoms with Crippen LogP contribution in [0, 0.1) is 0 Å². The molecule has 180 valence electrons. The zero-order valence-corrected chi connectivity index (χ0v) is 21.1. The van der Waals surface area contributed by atoms with Crippen molar-refractivity contribution in [3.8, 4) is 16.9 Å². The first-order chi connectivity index (χ1) is 17.0. The van der Waals surface area contributed by atoms with Crippen molar-refractivity contribution in [1.82, 2.24) is 14.8 Å². The number of ether oxygens (including phenoxy) is 2. The fourth-order valence-electron chi connectivity index (χ4n) is 3.43. The highest BCUT2D eigenvalue weighted by Crippen LogP contribution is 2.36. The molecular weight excluding hydrogens is 484 g/mol. The topological polar surface area (TPSA) is 95.3 Å². The van der Waals surface area contributed by atoms with Crippen molar-refractivity contribution in [2.24, 2.45) is 7.05 Å². The number of methoxy groups -OCH3 is 2. The first-order valence-corrected chi connectivity index (χ1v) is 12.6. The summed E-state index contributed by atoms with van der Waals surface area (Å²) in [6.07, 6.45) is 0.611. The van der Waals surface area contributed by atoms with E-state index in [0.717, 1.165) is 28.3 Å². The molecule has 0 fully saturated rings. The van der Waals surface area contributed by atoms with Gasteiger partial charge in [-0.05, 0) is 23.3 Å². The molecule has 8 nitrogen and oxygen atoms in total. The Labute approximate surface area is 211 Å². The second-order valence-corrected chi connectivity index (χ2v) is 9.35. The lowest BCUT2D eigenvalue weighted by Gasteiger charge is -2.08. The smallest absolute Gasteiger partial charge is 0.341 e. The van der Waals surface area contributed by atoms with Gasteiger partial charge >= 0.3 is 5.97 Å².